The Morgan fingerprint density at radius 1 is 1.40 bits per heavy atom. The molecule has 0 amide bonds. The SMILES string of the molecule is CC1CCCCC1OC=O. The molecule has 0 aromatic heterocycles. The van der Waals surface area contributed by atoms with E-state index in [9.17, 15) is 4.79 Å². The minimum absolute atomic E-state index is 0.200. The van der Waals surface area contributed by atoms with Gasteiger partial charge in [-0.1, -0.05) is 13.3 Å². The van der Waals surface area contributed by atoms with Crippen LogP contribution in [0.2, 0.25) is 0 Å². The first-order valence-corrected chi connectivity index (χ1v) is 3.93. The molecule has 1 saturated carbocycles. The maximum atomic E-state index is 10.00. The van der Waals surface area contributed by atoms with E-state index >= 15 is 0 Å². The van der Waals surface area contributed by atoms with E-state index in [1.165, 1.54) is 19.3 Å². The van der Waals surface area contributed by atoms with E-state index in [2.05, 4.69) is 6.92 Å². The molecule has 2 nitrogen and oxygen atoms in total. The van der Waals surface area contributed by atoms with Crippen LogP contribution in [0.5, 0.6) is 0 Å². The van der Waals surface area contributed by atoms with Gasteiger partial charge in [-0.3, -0.25) is 4.79 Å². The van der Waals surface area contributed by atoms with Crippen LogP contribution in [0, 0.1) is 5.92 Å². The quantitative estimate of drug-likeness (QED) is 0.549. The lowest BCUT2D eigenvalue weighted by atomic mass is 9.88. The van der Waals surface area contributed by atoms with Gasteiger partial charge in [-0.15, -0.1) is 0 Å². The van der Waals surface area contributed by atoms with Crippen molar-refractivity contribution in [2.45, 2.75) is 38.7 Å². The van der Waals surface area contributed by atoms with Crippen molar-refractivity contribution < 1.29 is 9.53 Å². The lowest BCUT2D eigenvalue weighted by molar-refractivity contribution is -0.137. The lowest BCUT2D eigenvalue weighted by Gasteiger charge is -2.26. The molecule has 2 atom stereocenters. The predicted octanol–water partition coefficient (Wildman–Crippen LogP) is 1.74. The number of hydrogen-bond acceptors (Lipinski definition) is 2. The van der Waals surface area contributed by atoms with Crippen LogP contribution in [-0.2, 0) is 9.53 Å². The van der Waals surface area contributed by atoms with E-state index in [0.717, 1.165) is 6.42 Å². The molecule has 1 fully saturated rings. The molecule has 0 heterocycles. The van der Waals surface area contributed by atoms with Crippen LogP contribution in [-0.4, -0.2) is 12.6 Å². The molecule has 0 bridgehead atoms. The van der Waals surface area contributed by atoms with Crippen molar-refractivity contribution in [1.82, 2.24) is 0 Å². The number of carbonyl (C=O) groups is 1. The molecule has 0 radical (unpaired) electrons. The molecule has 2 unspecified atom stereocenters. The second-order valence-corrected chi connectivity index (χ2v) is 3.03. The Hall–Kier alpha value is -0.530. The maximum absolute atomic E-state index is 10.00. The number of rotatable bonds is 2. The van der Waals surface area contributed by atoms with Crippen LogP contribution in [0.4, 0.5) is 0 Å². The van der Waals surface area contributed by atoms with E-state index in [0.29, 0.717) is 12.4 Å². The summed E-state index contributed by atoms with van der Waals surface area (Å²) in [5.41, 5.74) is 0. The fourth-order valence-corrected chi connectivity index (χ4v) is 1.56. The first kappa shape index (κ1) is 7.58. The summed E-state index contributed by atoms with van der Waals surface area (Å²) >= 11 is 0. The largest absolute Gasteiger partial charge is 0.464 e. The monoisotopic (exact) mass is 142 g/mol. The van der Waals surface area contributed by atoms with Crippen molar-refractivity contribution >= 4 is 6.47 Å². The molecule has 0 spiro atoms. The van der Waals surface area contributed by atoms with E-state index in [1.807, 2.05) is 0 Å². The van der Waals surface area contributed by atoms with Gasteiger partial charge in [0.25, 0.3) is 6.47 Å². The second-order valence-electron chi connectivity index (χ2n) is 3.03. The maximum Gasteiger partial charge on any atom is 0.293 e. The summed E-state index contributed by atoms with van der Waals surface area (Å²) in [6.07, 6.45) is 4.97. The molecule has 1 rings (SSSR count). The van der Waals surface area contributed by atoms with Gasteiger partial charge in [0, 0.05) is 0 Å². The van der Waals surface area contributed by atoms with E-state index in [4.69, 9.17) is 4.74 Å². The highest BCUT2D eigenvalue weighted by atomic mass is 16.5. The lowest BCUT2D eigenvalue weighted by Crippen LogP contribution is -2.24. The summed E-state index contributed by atoms with van der Waals surface area (Å²) in [7, 11) is 0. The van der Waals surface area contributed by atoms with Crippen molar-refractivity contribution in [1.29, 1.82) is 0 Å². The molecule has 10 heavy (non-hydrogen) atoms. The minimum atomic E-state index is 0.200. The predicted molar refractivity (Wildman–Crippen MR) is 38.6 cm³/mol. The Kier molecular flexibility index (Phi) is 2.72. The van der Waals surface area contributed by atoms with Gasteiger partial charge in [0.1, 0.15) is 6.10 Å². The molecule has 0 aliphatic heterocycles. The van der Waals surface area contributed by atoms with E-state index in [1.54, 1.807) is 0 Å². The average molecular weight is 142 g/mol. The molecular weight excluding hydrogens is 128 g/mol. The molecule has 0 N–H and O–H groups in total. The van der Waals surface area contributed by atoms with Crippen LogP contribution in [0.25, 0.3) is 0 Å². The zero-order valence-electron chi connectivity index (χ0n) is 6.38. The number of ether oxygens (including phenoxy) is 1. The minimum Gasteiger partial charge on any atom is -0.464 e. The summed E-state index contributed by atoms with van der Waals surface area (Å²) in [5, 5.41) is 0. The highest BCUT2D eigenvalue weighted by Gasteiger charge is 2.21. The van der Waals surface area contributed by atoms with E-state index in [-0.39, 0.29) is 6.10 Å². The van der Waals surface area contributed by atoms with Gasteiger partial charge >= 0.3 is 0 Å². The molecule has 2 heteroatoms. The molecule has 0 aromatic rings. The third kappa shape index (κ3) is 1.72. The molecular formula is C8H14O2. The van der Waals surface area contributed by atoms with E-state index < -0.39 is 0 Å². The summed E-state index contributed by atoms with van der Waals surface area (Å²) in [6, 6.07) is 0. The molecule has 1 aliphatic rings. The average Bonchev–Trinajstić information content (AvgIpc) is 1.94. The standard InChI is InChI=1S/C8H14O2/c1-7-4-2-3-5-8(7)10-6-9/h6-8H,2-5H2,1H3. The third-order valence-corrected chi connectivity index (χ3v) is 2.26. The molecule has 0 aromatic carbocycles. The van der Waals surface area contributed by atoms with Crippen LogP contribution in [0.15, 0.2) is 0 Å². The first-order valence-electron chi connectivity index (χ1n) is 3.93. The summed E-state index contributed by atoms with van der Waals surface area (Å²) < 4.78 is 4.91. The van der Waals surface area contributed by atoms with Gasteiger partial charge in [0.05, 0.1) is 0 Å². The van der Waals surface area contributed by atoms with Crippen molar-refractivity contribution in [3.05, 3.63) is 0 Å². The Bertz CT molecular complexity index is 112. The number of hydrogen-bond donors (Lipinski definition) is 0. The summed E-state index contributed by atoms with van der Waals surface area (Å²) in [5.74, 6) is 0.568. The van der Waals surface area contributed by atoms with Crippen molar-refractivity contribution in [2.75, 3.05) is 0 Å². The normalized spacial score (nSPS) is 33.3. The van der Waals surface area contributed by atoms with Gasteiger partial charge in [0.15, 0.2) is 0 Å². The van der Waals surface area contributed by atoms with Crippen molar-refractivity contribution in [3.63, 3.8) is 0 Å². The van der Waals surface area contributed by atoms with Crippen LogP contribution < -0.4 is 0 Å². The van der Waals surface area contributed by atoms with Crippen LogP contribution in [0.3, 0.4) is 0 Å². The van der Waals surface area contributed by atoms with Crippen LogP contribution in [0.1, 0.15) is 32.6 Å². The number of carbonyl (C=O) groups excluding carboxylic acids is 1. The van der Waals surface area contributed by atoms with Crippen molar-refractivity contribution in [2.24, 2.45) is 5.92 Å². The smallest absolute Gasteiger partial charge is 0.293 e. The highest BCUT2D eigenvalue weighted by molar-refractivity contribution is 5.37. The molecule has 1 aliphatic carbocycles. The summed E-state index contributed by atoms with van der Waals surface area (Å²) in [6.45, 7) is 2.72. The van der Waals surface area contributed by atoms with Gasteiger partial charge in [0.2, 0.25) is 0 Å². The fourth-order valence-electron chi connectivity index (χ4n) is 1.56. The zero-order chi connectivity index (χ0) is 7.40. The van der Waals surface area contributed by atoms with Gasteiger partial charge in [-0.2, -0.15) is 0 Å². The Morgan fingerprint density at radius 3 is 2.70 bits per heavy atom. The topological polar surface area (TPSA) is 26.3 Å². The first-order chi connectivity index (χ1) is 4.84. The third-order valence-electron chi connectivity index (χ3n) is 2.26. The van der Waals surface area contributed by atoms with Crippen molar-refractivity contribution in [3.8, 4) is 0 Å². The summed E-state index contributed by atoms with van der Waals surface area (Å²) in [4.78, 5) is 10.00. The van der Waals surface area contributed by atoms with Gasteiger partial charge < -0.3 is 4.74 Å². The Morgan fingerprint density at radius 2 is 2.10 bits per heavy atom. The van der Waals surface area contributed by atoms with Gasteiger partial charge in [-0.25, -0.2) is 0 Å². The zero-order valence-corrected chi connectivity index (χ0v) is 6.38. The highest BCUT2D eigenvalue weighted by Crippen LogP contribution is 2.25. The Balaban J connectivity index is 2.32. The second kappa shape index (κ2) is 3.59. The Labute approximate surface area is 61.6 Å². The van der Waals surface area contributed by atoms with Gasteiger partial charge in [-0.05, 0) is 25.2 Å². The van der Waals surface area contributed by atoms with Crippen LogP contribution >= 0.6 is 0 Å². The molecule has 0 saturated heterocycles. The molecule has 58 valence electrons. The fraction of sp³-hybridized carbons (Fsp3) is 0.875.